The molecule has 1 atom stereocenters. The van der Waals surface area contributed by atoms with E-state index in [-0.39, 0.29) is 0 Å². The number of para-hydroxylation sites is 1. The Morgan fingerprint density at radius 2 is 2.19 bits per heavy atom. The summed E-state index contributed by atoms with van der Waals surface area (Å²) in [5.74, 6) is 0.621. The summed E-state index contributed by atoms with van der Waals surface area (Å²) in [6.45, 7) is 5.34. The van der Waals surface area contributed by atoms with E-state index in [2.05, 4.69) is 24.8 Å². The van der Waals surface area contributed by atoms with Gasteiger partial charge in [-0.2, -0.15) is 5.26 Å². The predicted molar refractivity (Wildman–Crippen MR) is 68.3 cm³/mol. The molecule has 3 nitrogen and oxygen atoms in total. The van der Waals surface area contributed by atoms with E-state index >= 15 is 0 Å². The molecular weight excluding hydrogens is 198 g/mol. The Morgan fingerprint density at radius 3 is 2.75 bits per heavy atom. The molecule has 16 heavy (non-hydrogen) atoms. The summed E-state index contributed by atoms with van der Waals surface area (Å²) in [4.78, 5) is 2.12. The highest BCUT2D eigenvalue weighted by Crippen LogP contribution is 2.26. The summed E-state index contributed by atoms with van der Waals surface area (Å²) in [5.41, 5.74) is 8.02. The highest BCUT2D eigenvalue weighted by atomic mass is 15.1. The van der Waals surface area contributed by atoms with Crippen LogP contribution in [0, 0.1) is 17.2 Å². The average Bonchev–Trinajstić information content (AvgIpc) is 2.29. The van der Waals surface area contributed by atoms with E-state index in [1.165, 1.54) is 0 Å². The van der Waals surface area contributed by atoms with Crippen molar-refractivity contribution in [3.05, 3.63) is 23.8 Å². The Labute approximate surface area is 97.5 Å². The zero-order valence-corrected chi connectivity index (χ0v) is 10.2. The average molecular weight is 217 g/mol. The van der Waals surface area contributed by atoms with Gasteiger partial charge >= 0.3 is 0 Å². The number of benzene rings is 1. The largest absolute Gasteiger partial charge is 0.396 e. The van der Waals surface area contributed by atoms with E-state index in [0.29, 0.717) is 17.2 Å². The van der Waals surface area contributed by atoms with Crippen LogP contribution in [0.5, 0.6) is 0 Å². The third-order valence-corrected chi connectivity index (χ3v) is 2.90. The first-order chi connectivity index (χ1) is 7.60. The van der Waals surface area contributed by atoms with Gasteiger partial charge in [-0.3, -0.25) is 0 Å². The number of hydrogen-bond donors (Lipinski definition) is 1. The molecule has 0 spiro atoms. The molecule has 0 aromatic heterocycles. The highest BCUT2D eigenvalue weighted by Gasteiger charge is 2.10. The molecule has 0 aliphatic carbocycles. The standard InChI is InChI=1S/C13H19N3/c1-4-10(2)9-16(3)12-7-5-6-11(8-14)13(12)15/h5-7,10H,4,9,15H2,1-3H3. The summed E-state index contributed by atoms with van der Waals surface area (Å²) in [5, 5.41) is 8.90. The van der Waals surface area contributed by atoms with Crippen molar-refractivity contribution in [3.8, 4) is 6.07 Å². The van der Waals surface area contributed by atoms with Gasteiger partial charge in [0.15, 0.2) is 0 Å². The van der Waals surface area contributed by atoms with Crippen molar-refractivity contribution in [1.29, 1.82) is 5.26 Å². The molecule has 0 aliphatic rings. The molecule has 1 aromatic carbocycles. The Kier molecular flexibility index (Phi) is 4.19. The minimum absolute atomic E-state index is 0.550. The van der Waals surface area contributed by atoms with E-state index in [4.69, 9.17) is 11.0 Å². The summed E-state index contributed by atoms with van der Waals surface area (Å²) >= 11 is 0. The second kappa shape index (κ2) is 5.41. The van der Waals surface area contributed by atoms with Gasteiger partial charge in [0, 0.05) is 13.6 Å². The van der Waals surface area contributed by atoms with Crippen LogP contribution in [0.3, 0.4) is 0 Å². The monoisotopic (exact) mass is 217 g/mol. The van der Waals surface area contributed by atoms with Crippen LogP contribution in [-0.2, 0) is 0 Å². The number of nitrogens with zero attached hydrogens (tertiary/aromatic N) is 2. The van der Waals surface area contributed by atoms with Crippen molar-refractivity contribution in [2.45, 2.75) is 20.3 Å². The van der Waals surface area contributed by atoms with Crippen LogP contribution in [0.4, 0.5) is 11.4 Å². The fourth-order valence-electron chi connectivity index (χ4n) is 1.68. The van der Waals surface area contributed by atoms with Gasteiger partial charge in [-0.25, -0.2) is 0 Å². The van der Waals surface area contributed by atoms with Gasteiger partial charge in [0.1, 0.15) is 6.07 Å². The van der Waals surface area contributed by atoms with Gasteiger partial charge in [0.05, 0.1) is 16.9 Å². The Morgan fingerprint density at radius 1 is 1.50 bits per heavy atom. The molecule has 0 bridgehead atoms. The van der Waals surface area contributed by atoms with Gasteiger partial charge in [0.2, 0.25) is 0 Å². The topological polar surface area (TPSA) is 53.0 Å². The van der Waals surface area contributed by atoms with Crippen molar-refractivity contribution < 1.29 is 0 Å². The van der Waals surface area contributed by atoms with Crippen LogP contribution in [-0.4, -0.2) is 13.6 Å². The van der Waals surface area contributed by atoms with Crippen molar-refractivity contribution in [3.63, 3.8) is 0 Å². The van der Waals surface area contributed by atoms with E-state index in [0.717, 1.165) is 18.7 Å². The number of anilines is 2. The summed E-state index contributed by atoms with van der Waals surface area (Å²) in [6, 6.07) is 7.68. The first-order valence-corrected chi connectivity index (χ1v) is 5.59. The lowest BCUT2D eigenvalue weighted by molar-refractivity contribution is 0.560. The van der Waals surface area contributed by atoms with E-state index in [1.54, 1.807) is 6.07 Å². The van der Waals surface area contributed by atoms with E-state index in [9.17, 15) is 0 Å². The molecule has 0 radical (unpaired) electrons. The van der Waals surface area contributed by atoms with Gasteiger partial charge in [-0.05, 0) is 18.1 Å². The van der Waals surface area contributed by atoms with Gasteiger partial charge in [-0.15, -0.1) is 0 Å². The number of nitrogens with two attached hydrogens (primary N) is 1. The summed E-state index contributed by atoms with van der Waals surface area (Å²) in [6.07, 6.45) is 1.14. The normalized spacial score (nSPS) is 11.9. The molecule has 0 aliphatic heterocycles. The van der Waals surface area contributed by atoms with Crippen LogP contribution >= 0.6 is 0 Å². The molecule has 1 rings (SSSR count). The van der Waals surface area contributed by atoms with Gasteiger partial charge < -0.3 is 10.6 Å². The molecule has 0 amide bonds. The third-order valence-electron chi connectivity index (χ3n) is 2.90. The zero-order chi connectivity index (χ0) is 12.1. The van der Waals surface area contributed by atoms with E-state index < -0.39 is 0 Å². The lowest BCUT2D eigenvalue weighted by Gasteiger charge is -2.24. The Bertz CT molecular complexity index is 393. The number of nitriles is 1. The first-order valence-electron chi connectivity index (χ1n) is 5.59. The van der Waals surface area contributed by atoms with Gasteiger partial charge in [0.25, 0.3) is 0 Å². The van der Waals surface area contributed by atoms with Gasteiger partial charge in [-0.1, -0.05) is 26.3 Å². The maximum Gasteiger partial charge on any atom is 0.101 e. The Hall–Kier alpha value is -1.69. The lowest BCUT2D eigenvalue weighted by atomic mass is 10.1. The molecule has 1 aromatic rings. The molecule has 86 valence electrons. The molecule has 0 heterocycles. The second-order valence-electron chi connectivity index (χ2n) is 4.24. The van der Waals surface area contributed by atoms with E-state index in [1.807, 2.05) is 19.2 Å². The van der Waals surface area contributed by atoms with Crippen LogP contribution in [0.15, 0.2) is 18.2 Å². The number of hydrogen-bond acceptors (Lipinski definition) is 3. The molecule has 0 fully saturated rings. The molecule has 1 unspecified atom stereocenters. The van der Waals surface area contributed by atoms with Crippen LogP contribution < -0.4 is 10.6 Å². The maximum atomic E-state index is 8.90. The minimum atomic E-state index is 0.550. The first kappa shape index (κ1) is 12.4. The van der Waals surface area contributed by atoms with Crippen molar-refractivity contribution in [2.24, 2.45) is 5.92 Å². The van der Waals surface area contributed by atoms with Crippen molar-refractivity contribution >= 4 is 11.4 Å². The summed E-state index contributed by atoms with van der Waals surface area (Å²) in [7, 11) is 2.01. The van der Waals surface area contributed by atoms with Crippen LogP contribution in [0.1, 0.15) is 25.8 Å². The summed E-state index contributed by atoms with van der Waals surface area (Å²) < 4.78 is 0. The second-order valence-corrected chi connectivity index (χ2v) is 4.24. The fourth-order valence-corrected chi connectivity index (χ4v) is 1.68. The van der Waals surface area contributed by atoms with Crippen molar-refractivity contribution in [2.75, 3.05) is 24.2 Å². The van der Waals surface area contributed by atoms with Crippen molar-refractivity contribution in [1.82, 2.24) is 0 Å². The predicted octanol–water partition coefficient (Wildman–Crippen LogP) is 2.62. The smallest absolute Gasteiger partial charge is 0.101 e. The maximum absolute atomic E-state index is 8.90. The van der Waals surface area contributed by atoms with Crippen LogP contribution in [0.25, 0.3) is 0 Å². The quantitative estimate of drug-likeness (QED) is 0.789. The minimum Gasteiger partial charge on any atom is -0.396 e. The number of nitrogen functional groups attached to an aromatic ring is 1. The number of rotatable bonds is 4. The molecular formula is C13H19N3. The highest BCUT2D eigenvalue weighted by molar-refractivity contribution is 5.73. The molecule has 0 saturated carbocycles. The Balaban J connectivity index is 2.92. The lowest BCUT2D eigenvalue weighted by Crippen LogP contribution is -2.24. The molecule has 2 N–H and O–H groups in total. The zero-order valence-electron chi connectivity index (χ0n) is 10.2. The fraction of sp³-hybridized carbons (Fsp3) is 0.462. The third kappa shape index (κ3) is 2.66. The van der Waals surface area contributed by atoms with Crippen LogP contribution in [0.2, 0.25) is 0 Å². The SMILES string of the molecule is CCC(C)CN(C)c1cccc(C#N)c1N. The molecule has 3 heteroatoms. The molecule has 0 saturated heterocycles.